The van der Waals surface area contributed by atoms with Gasteiger partial charge in [0, 0.05) is 5.56 Å². The van der Waals surface area contributed by atoms with Crippen LogP contribution in [-0.2, 0) is 16.2 Å². The summed E-state index contributed by atoms with van der Waals surface area (Å²) in [5.74, 6) is 0.451. The summed E-state index contributed by atoms with van der Waals surface area (Å²) in [4.78, 5) is 0. The Labute approximate surface area is 166 Å². The van der Waals surface area contributed by atoms with E-state index in [9.17, 15) is 5.11 Å². The zero-order valence-electron chi connectivity index (χ0n) is 19.3. The topological polar surface area (TPSA) is 20.2 Å². The van der Waals surface area contributed by atoms with Crippen molar-refractivity contribution in [1.82, 2.24) is 0 Å². The zero-order chi connectivity index (χ0) is 20.9. The van der Waals surface area contributed by atoms with Gasteiger partial charge < -0.3 is 5.11 Å². The fraction of sp³-hybridized carbons (Fsp3) is 0.538. The Hall–Kier alpha value is -1.76. The highest BCUT2D eigenvalue weighted by Crippen LogP contribution is 2.47. The molecule has 1 nitrogen and oxygen atoms in total. The van der Waals surface area contributed by atoms with Gasteiger partial charge in [-0.25, -0.2) is 0 Å². The third-order valence-corrected chi connectivity index (χ3v) is 5.29. The standard InChI is InChI=1S/C26H38O/c1-16-14-17(2)21(20(15-16)25(6,7)8)18-12-13-19(24(3,4)5)23(27)22(18)26(9,10)11/h12-15,27H,1-11H3. The average Bonchev–Trinajstić information content (AvgIpc) is 2.42. The molecule has 2 aromatic rings. The van der Waals surface area contributed by atoms with Crippen molar-refractivity contribution < 1.29 is 5.11 Å². The molecular weight excluding hydrogens is 328 g/mol. The van der Waals surface area contributed by atoms with Crippen molar-refractivity contribution in [3.05, 3.63) is 52.1 Å². The highest BCUT2D eigenvalue weighted by Gasteiger charge is 2.31. The van der Waals surface area contributed by atoms with Crippen molar-refractivity contribution in [3.8, 4) is 16.9 Å². The Balaban J connectivity index is 3.00. The molecule has 0 saturated carbocycles. The molecule has 0 spiro atoms. The third-order valence-electron chi connectivity index (χ3n) is 5.29. The molecule has 0 atom stereocenters. The predicted molar refractivity (Wildman–Crippen MR) is 119 cm³/mol. The van der Waals surface area contributed by atoms with Crippen LogP contribution in [0.5, 0.6) is 5.75 Å². The van der Waals surface area contributed by atoms with Gasteiger partial charge in [0.2, 0.25) is 0 Å². The van der Waals surface area contributed by atoms with Crippen molar-refractivity contribution in [2.45, 2.75) is 92.4 Å². The second-order valence-electron chi connectivity index (χ2n) is 11.1. The molecule has 2 aromatic carbocycles. The summed E-state index contributed by atoms with van der Waals surface area (Å²) in [5, 5.41) is 11.3. The lowest BCUT2D eigenvalue weighted by Gasteiger charge is -2.32. The van der Waals surface area contributed by atoms with E-state index in [1.807, 2.05) is 0 Å². The van der Waals surface area contributed by atoms with E-state index >= 15 is 0 Å². The van der Waals surface area contributed by atoms with Crippen LogP contribution in [0.25, 0.3) is 11.1 Å². The number of hydrogen-bond donors (Lipinski definition) is 1. The van der Waals surface area contributed by atoms with Gasteiger partial charge in [0.15, 0.2) is 0 Å². The number of phenolic OH excluding ortho intramolecular Hbond substituents is 1. The molecule has 0 unspecified atom stereocenters. The van der Waals surface area contributed by atoms with Gasteiger partial charge in [-0.2, -0.15) is 0 Å². The lowest BCUT2D eigenvalue weighted by molar-refractivity contribution is 0.424. The summed E-state index contributed by atoms with van der Waals surface area (Å²) in [7, 11) is 0. The largest absolute Gasteiger partial charge is 0.507 e. The molecule has 0 aromatic heterocycles. The molecule has 1 N–H and O–H groups in total. The van der Waals surface area contributed by atoms with E-state index in [1.54, 1.807) is 0 Å². The lowest BCUT2D eigenvalue weighted by Crippen LogP contribution is -2.20. The molecule has 0 bridgehead atoms. The molecule has 0 amide bonds. The summed E-state index contributed by atoms with van der Waals surface area (Å²) >= 11 is 0. The summed E-state index contributed by atoms with van der Waals surface area (Å²) in [6.45, 7) is 24.2. The first kappa shape index (κ1) is 21.5. The van der Waals surface area contributed by atoms with Gasteiger partial charge in [-0.3, -0.25) is 0 Å². The smallest absolute Gasteiger partial charge is 0.123 e. The van der Waals surface area contributed by atoms with E-state index in [4.69, 9.17) is 0 Å². The molecule has 148 valence electrons. The van der Waals surface area contributed by atoms with Crippen molar-refractivity contribution in [2.24, 2.45) is 0 Å². The number of aryl methyl sites for hydroxylation is 2. The zero-order valence-corrected chi connectivity index (χ0v) is 19.3. The van der Waals surface area contributed by atoms with Crippen molar-refractivity contribution in [2.75, 3.05) is 0 Å². The maximum Gasteiger partial charge on any atom is 0.123 e. The quantitative estimate of drug-likeness (QED) is 0.552. The van der Waals surface area contributed by atoms with Gasteiger partial charge in [-0.1, -0.05) is 92.1 Å². The van der Waals surface area contributed by atoms with Gasteiger partial charge in [0.1, 0.15) is 5.75 Å². The minimum Gasteiger partial charge on any atom is -0.507 e. The first-order chi connectivity index (χ1) is 12.0. The van der Waals surface area contributed by atoms with Crippen LogP contribution in [0.1, 0.15) is 90.1 Å². The maximum absolute atomic E-state index is 11.3. The van der Waals surface area contributed by atoms with Crippen molar-refractivity contribution in [1.29, 1.82) is 0 Å². The second-order valence-corrected chi connectivity index (χ2v) is 11.1. The fourth-order valence-electron chi connectivity index (χ4n) is 4.08. The molecule has 27 heavy (non-hydrogen) atoms. The Bertz CT molecular complexity index is 850. The van der Waals surface area contributed by atoms with E-state index in [0.29, 0.717) is 5.75 Å². The van der Waals surface area contributed by atoms with E-state index in [-0.39, 0.29) is 16.2 Å². The van der Waals surface area contributed by atoms with Crippen LogP contribution in [0.3, 0.4) is 0 Å². The summed E-state index contributed by atoms with van der Waals surface area (Å²) in [5.41, 5.74) is 8.16. The Kier molecular flexibility index (Phi) is 5.34. The first-order valence-electron chi connectivity index (χ1n) is 10.0. The molecule has 0 aliphatic heterocycles. The lowest BCUT2D eigenvalue weighted by atomic mass is 9.72. The van der Waals surface area contributed by atoms with Crippen molar-refractivity contribution >= 4 is 0 Å². The normalized spacial score (nSPS) is 13.1. The summed E-state index contributed by atoms with van der Waals surface area (Å²) in [6, 6.07) is 8.91. The number of hydrogen-bond acceptors (Lipinski definition) is 1. The number of rotatable bonds is 1. The van der Waals surface area contributed by atoms with Crippen LogP contribution in [0.2, 0.25) is 0 Å². The predicted octanol–water partition coefficient (Wildman–Crippen LogP) is 7.57. The first-order valence-corrected chi connectivity index (χ1v) is 10.0. The number of phenols is 1. The third kappa shape index (κ3) is 4.23. The molecule has 0 aliphatic rings. The van der Waals surface area contributed by atoms with Crippen LogP contribution >= 0.6 is 0 Å². The van der Waals surface area contributed by atoms with Gasteiger partial charge in [-0.15, -0.1) is 0 Å². The molecule has 0 radical (unpaired) electrons. The van der Waals surface area contributed by atoms with Gasteiger partial charge in [-0.05, 0) is 57.9 Å². The summed E-state index contributed by atoms with van der Waals surface area (Å²) in [6.07, 6.45) is 0. The Morgan fingerprint density at radius 3 is 1.63 bits per heavy atom. The van der Waals surface area contributed by atoms with Crippen molar-refractivity contribution in [3.63, 3.8) is 0 Å². The molecule has 0 aliphatic carbocycles. The maximum atomic E-state index is 11.3. The fourth-order valence-corrected chi connectivity index (χ4v) is 4.08. The van der Waals surface area contributed by atoms with Gasteiger partial charge >= 0.3 is 0 Å². The average molecular weight is 367 g/mol. The monoisotopic (exact) mass is 366 g/mol. The Morgan fingerprint density at radius 1 is 0.667 bits per heavy atom. The van der Waals surface area contributed by atoms with Crippen LogP contribution in [0.4, 0.5) is 0 Å². The van der Waals surface area contributed by atoms with Crippen LogP contribution in [-0.4, -0.2) is 5.11 Å². The van der Waals surface area contributed by atoms with Crippen LogP contribution < -0.4 is 0 Å². The van der Waals surface area contributed by atoms with E-state index < -0.39 is 0 Å². The molecular formula is C26H38O. The number of aromatic hydroxyl groups is 1. The number of benzene rings is 2. The van der Waals surface area contributed by atoms with E-state index in [0.717, 1.165) is 16.7 Å². The molecule has 2 rings (SSSR count). The van der Waals surface area contributed by atoms with Gasteiger partial charge in [0.25, 0.3) is 0 Å². The minimum atomic E-state index is -0.160. The molecule has 0 heterocycles. The Morgan fingerprint density at radius 2 is 1.19 bits per heavy atom. The molecule has 1 heteroatoms. The van der Waals surface area contributed by atoms with Gasteiger partial charge in [0.05, 0.1) is 0 Å². The molecule has 0 saturated heterocycles. The van der Waals surface area contributed by atoms with Crippen LogP contribution in [0.15, 0.2) is 24.3 Å². The highest BCUT2D eigenvalue weighted by molar-refractivity contribution is 5.79. The van der Waals surface area contributed by atoms with Crippen LogP contribution in [0, 0.1) is 13.8 Å². The summed E-state index contributed by atoms with van der Waals surface area (Å²) < 4.78 is 0. The second kappa shape index (κ2) is 6.69. The highest BCUT2D eigenvalue weighted by atomic mass is 16.3. The van der Waals surface area contributed by atoms with E-state index in [2.05, 4.69) is 100 Å². The SMILES string of the molecule is Cc1cc(C)c(-c2ccc(C(C)(C)C)c(O)c2C(C)(C)C)c(C(C)(C)C)c1. The minimum absolute atomic E-state index is 0.0274. The molecule has 0 fully saturated rings. The van der Waals surface area contributed by atoms with E-state index in [1.165, 1.54) is 22.3 Å².